The Balaban J connectivity index is 2.08. The van der Waals surface area contributed by atoms with E-state index in [2.05, 4.69) is 5.32 Å². The minimum Gasteiger partial charge on any atom is -0.465 e. The monoisotopic (exact) mass is 445 g/mol. The molecule has 0 fully saturated rings. The van der Waals surface area contributed by atoms with Gasteiger partial charge in [-0.05, 0) is 38.0 Å². The van der Waals surface area contributed by atoms with Crippen LogP contribution in [0.3, 0.4) is 0 Å². The van der Waals surface area contributed by atoms with Gasteiger partial charge >= 0.3 is 12.0 Å². The number of benzene rings is 1. The van der Waals surface area contributed by atoms with Crippen LogP contribution in [0.4, 0.5) is 4.79 Å². The zero-order valence-electron chi connectivity index (χ0n) is 18.4. The number of esters is 1. The number of carbonyl (C=O) groups is 3. The van der Waals surface area contributed by atoms with Crippen LogP contribution in [0.15, 0.2) is 42.5 Å². The molecule has 7 nitrogen and oxygen atoms in total. The topological polar surface area (TPSA) is 79.0 Å². The quantitative estimate of drug-likeness (QED) is 0.537. The summed E-state index contributed by atoms with van der Waals surface area (Å²) in [6.07, 6.45) is 0.697. The lowest BCUT2D eigenvalue weighted by molar-refractivity contribution is -0.141. The molecule has 0 saturated heterocycles. The molecule has 2 rings (SSSR count). The molecule has 0 saturated carbocycles. The van der Waals surface area contributed by atoms with Gasteiger partial charge in [0.15, 0.2) is 0 Å². The maximum Gasteiger partial charge on any atom is 0.325 e. The number of hydrogen-bond donors (Lipinski definition) is 1. The maximum atomic E-state index is 13.2. The highest BCUT2D eigenvalue weighted by Crippen LogP contribution is 2.19. The lowest BCUT2D eigenvalue weighted by Crippen LogP contribution is -2.47. The smallest absolute Gasteiger partial charge is 0.325 e. The standard InChI is InChI=1S/C23H31N3O4S/c1-4-13-25(23(29)24-14-22(28)30-5-2)17-21(27)26(15-19-9-7-6-8-10-19)16-20-12-11-18(3)31-20/h6-12H,4-5,13-17H2,1-3H3,(H,24,29). The number of nitrogens with one attached hydrogen (secondary N) is 1. The van der Waals surface area contributed by atoms with E-state index >= 15 is 0 Å². The zero-order chi connectivity index (χ0) is 22.6. The van der Waals surface area contributed by atoms with Crippen LogP contribution >= 0.6 is 11.3 Å². The molecule has 31 heavy (non-hydrogen) atoms. The van der Waals surface area contributed by atoms with E-state index in [0.717, 1.165) is 10.4 Å². The highest BCUT2D eigenvalue weighted by Gasteiger charge is 2.22. The Morgan fingerprint density at radius 1 is 1.00 bits per heavy atom. The van der Waals surface area contributed by atoms with E-state index in [9.17, 15) is 14.4 Å². The van der Waals surface area contributed by atoms with Crippen LogP contribution in [0.1, 0.15) is 35.6 Å². The average Bonchev–Trinajstić information content (AvgIpc) is 3.16. The van der Waals surface area contributed by atoms with E-state index in [-0.39, 0.29) is 25.6 Å². The molecule has 1 heterocycles. The van der Waals surface area contributed by atoms with Crippen molar-refractivity contribution in [2.75, 3.05) is 26.2 Å². The summed E-state index contributed by atoms with van der Waals surface area (Å²) in [5, 5.41) is 2.54. The second kappa shape index (κ2) is 12.7. The van der Waals surface area contributed by atoms with Gasteiger partial charge in [-0.1, -0.05) is 37.3 Å². The van der Waals surface area contributed by atoms with Crippen LogP contribution in [-0.2, 0) is 27.4 Å². The third-order valence-electron chi connectivity index (χ3n) is 4.51. The van der Waals surface area contributed by atoms with Gasteiger partial charge in [0.05, 0.1) is 13.2 Å². The van der Waals surface area contributed by atoms with Gasteiger partial charge in [0, 0.05) is 22.8 Å². The van der Waals surface area contributed by atoms with E-state index in [1.54, 1.807) is 23.2 Å². The number of urea groups is 1. The lowest BCUT2D eigenvalue weighted by Gasteiger charge is -2.27. The first kappa shape index (κ1) is 24.4. The fourth-order valence-corrected chi connectivity index (χ4v) is 3.96. The molecule has 8 heteroatoms. The second-order valence-corrected chi connectivity index (χ2v) is 8.51. The summed E-state index contributed by atoms with van der Waals surface area (Å²) in [5.41, 5.74) is 1.03. The van der Waals surface area contributed by atoms with Gasteiger partial charge < -0.3 is 19.9 Å². The number of rotatable bonds is 11. The molecule has 0 radical (unpaired) electrons. The molecule has 2 aromatic rings. The summed E-state index contributed by atoms with van der Waals surface area (Å²) in [5.74, 6) is -0.646. The van der Waals surface area contributed by atoms with Crippen molar-refractivity contribution < 1.29 is 19.1 Å². The van der Waals surface area contributed by atoms with Crippen molar-refractivity contribution in [3.05, 3.63) is 57.8 Å². The van der Waals surface area contributed by atoms with E-state index in [1.807, 2.05) is 56.3 Å². The summed E-state index contributed by atoms with van der Waals surface area (Å²) in [6, 6.07) is 13.4. The van der Waals surface area contributed by atoms with Gasteiger partial charge in [0.25, 0.3) is 0 Å². The highest BCUT2D eigenvalue weighted by molar-refractivity contribution is 7.11. The molecule has 1 N–H and O–H groups in total. The van der Waals surface area contributed by atoms with Gasteiger partial charge in [-0.2, -0.15) is 0 Å². The average molecular weight is 446 g/mol. The molecule has 0 aliphatic rings. The fourth-order valence-electron chi connectivity index (χ4n) is 3.05. The number of nitrogens with zero attached hydrogens (tertiary/aromatic N) is 2. The van der Waals surface area contributed by atoms with Crippen molar-refractivity contribution in [2.24, 2.45) is 0 Å². The predicted molar refractivity (Wildman–Crippen MR) is 122 cm³/mol. The Hall–Kier alpha value is -2.87. The van der Waals surface area contributed by atoms with E-state index in [4.69, 9.17) is 4.74 Å². The number of carbonyl (C=O) groups excluding carboxylic acids is 3. The van der Waals surface area contributed by atoms with Crippen LogP contribution < -0.4 is 5.32 Å². The van der Waals surface area contributed by atoms with Crippen LogP contribution in [-0.4, -0.2) is 53.9 Å². The Bertz CT molecular complexity index is 854. The third kappa shape index (κ3) is 8.41. The van der Waals surface area contributed by atoms with Crippen molar-refractivity contribution in [1.29, 1.82) is 0 Å². The first-order chi connectivity index (χ1) is 14.9. The van der Waals surface area contributed by atoms with E-state index in [1.165, 1.54) is 9.78 Å². The molecule has 168 valence electrons. The predicted octanol–water partition coefficient (Wildman–Crippen LogP) is 3.57. The van der Waals surface area contributed by atoms with Gasteiger partial charge in [0.2, 0.25) is 5.91 Å². The molecule has 1 aromatic heterocycles. The van der Waals surface area contributed by atoms with Crippen LogP contribution in [0.5, 0.6) is 0 Å². The number of ether oxygens (including phenoxy) is 1. The molecular formula is C23H31N3O4S. The van der Waals surface area contributed by atoms with Gasteiger partial charge in [-0.25, -0.2) is 4.79 Å². The zero-order valence-corrected chi connectivity index (χ0v) is 19.2. The summed E-state index contributed by atoms with van der Waals surface area (Å²) in [6.45, 7) is 7.01. The molecule has 0 aliphatic carbocycles. The molecular weight excluding hydrogens is 414 g/mol. The van der Waals surface area contributed by atoms with Crippen molar-refractivity contribution in [1.82, 2.24) is 15.1 Å². The molecule has 0 bridgehead atoms. The normalized spacial score (nSPS) is 10.4. The van der Waals surface area contributed by atoms with Crippen LogP contribution in [0, 0.1) is 6.92 Å². The molecule has 0 aliphatic heterocycles. The maximum absolute atomic E-state index is 13.2. The van der Waals surface area contributed by atoms with Crippen molar-refractivity contribution >= 4 is 29.2 Å². The van der Waals surface area contributed by atoms with E-state index in [0.29, 0.717) is 26.1 Å². The highest BCUT2D eigenvalue weighted by atomic mass is 32.1. The number of thiophene rings is 1. The van der Waals surface area contributed by atoms with Gasteiger partial charge in [-0.15, -0.1) is 11.3 Å². The third-order valence-corrected chi connectivity index (χ3v) is 5.49. The Labute approximate surface area is 188 Å². The van der Waals surface area contributed by atoms with Crippen LogP contribution in [0.2, 0.25) is 0 Å². The Morgan fingerprint density at radius 2 is 1.74 bits per heavy atom. The number of hydrogen-bond acceptors (Lipinski definition) is 5. The second-order valence-electron chi connectivity index (χ2n) is 7.13. The van der Waals surface area contributed by atoms with Crippen molar-refractivity contribution in [3.63, 3.8) is 0 Å². The first-order valence-corrected chi connectivity index (χ1v) is 11.3. The minimum absolute atomic E-state index is 0.0559. The van der Waals surface area contributed by atoms with Gasteiger partial charge in [0.1, 0.15) is 13.1 Å². The Morgan fingerprint density at radius 3 is 2.35 bits per heavy atom. The largest absolute Gasteiger partial charge is 0.465 e. The van der Waals surface area contributed by atoms with Gasteiger partial charge in [-0.3, -0.25) is 9.59 Å². The summed E-state index contributed by atoms with van der Waals surface area (Å²) in [4.78, 5) is 42.8. The van der Waals surface area contributed by atoms with Crippen molar-refractivity contribution in [2.45, 2.75) is 40.3 Å². The minimum atomic E-state index is -0.502. The number of amides is 3. The Kier molecular flexibility index (Phi) is 10.0. The molecule has 0 unspecified atom stereocenters. The SMILES string of the molecule is CCCN(CC(=O)N(Cc1ccccc1)Cc1ccc(C)s1)C(=O)NCC(=O)OCC. The summed E-state index contributed by atoms with van der Waals surface area (Å²) < 4.78 is 4.84. The molecule has 0 atom stereocenters. The molecule has 1 aromatic carbocycles. The van der Waals surface area contributed by atoms with Crippen molar-refractivity contribution in [3.8, 4) is 0 Å². The first-order valence-electron chi connectivity index (χ1n) is 10.5. The fraction of sp³-hybridized carbons (Fsp3) is 0.435. The van der Waals surface area contributed by atoms with Crippen LogP contribution in [0.25, 0.3) is 0 Å². The summed E-state index contributed by atoms with van der Waals surface area (Å²) in [7, 11) is 0. The number of aryl methyl sites for hydroxylation is 1. The molecule has 3 amide bonds. The van der Waals surface area contributed by atoms with E-state index < -0.39 is 12.0 Å². The lowest BCUT2D eigenvalue weighted by atomic mass is 10.2. The summed E-state index contributed by atoms with van der Waals surface area (Å²) >= 11 is 1.66. The molecule has 0 spiro atoms.